The van der Waals surface area contributed by atoms with Crippen LogP contribution in [0, 0.1) is 6.92 Å². The molecule has 0 spiro atoms. The monoisotopic (exact) mass is 246 g/mol. The van der Waals surface area contributed by atoms with Crippen molar-refractivity contribution in [1.29, 1.82) is 0 Å². The molecule has 1 aliphatic rings. The number of nitrogens with zero attached hydrogens (tertiary/aromatic N) is 2. The highest BCUT2D eigenvalue weighted by molar-refractivity contribution is 5.87. The van der Waals surface area contributed by atoms with Gasteiger partial charge in [0, 0.05) is 12.7 Å². The van der Waals surface area contributed by atoms with Crippen LogP contribution in [0.2, 0.25) is 0 Å². The molecule has 1 fully saturated rings. The first kappa shape index (κ1) is 12.6. The summed E-state index contributed by atoms with van der Waals surface area (Å²) in [6.45, 7) is 6.76. The largest absolute Gasteiger partial charge is 0.490 e. The molecule has 1 aromatic heterocycles. The third-order valence-corrected chi connectivity index (χ3v) is 3.22. The van der Waals surface area contributed by atoms with Gasteiger partial charge in [0.05, 0.1) is 11.7 Å². The summed E-state index contributed by atoms with van der Waals surface area (Å²) >= 11 is 0. The summed E-state index contributed by atoms with van der Waals surface area (Å²) in [5.74, 6) is 0.777. The minimum atomic E-state index is -0.0102. The van der Waals surface area contributed by atoms with Gasteiger partial charge in [0.25, 0.3) is 0 Å². The standard InChI is InChI=1S/C14H18N2O2/c1-3-14(17)16-9-5-6-12(16)10-18-13-7-4-8-15-11(13)2/h3-4,7-8,12H,1,5-6,9-10H2,2H3/t12-/m1/s1. The molecule has 1 aliphatic heterocycles. The molecule has 4 nitrogen and oxygen atoms in total. The minimum Gasteiger partial charge on any atom is -0.490 e. The third-order valence-electron chi connectivity index (χ3n) is 3.22. The van der Waals surface area contributed by atoms with Crippen molar-refractivity contribution in [2.75, 3.05) is 13.2 Å². The first-order valence-electron chi connectivity index (χ1n) is 6.20. The van der Waals surface area contributed by atoms with Gasteiger partial charge in [-0.1, -0.05) is 6.58 Å². The van der Waals surface area contributed by atoms with Crippen molar-refractivity contribution in [1.82, 2.24) is 9.88 Å². The van der Waals surface area contributed by atoms with Crippen molar-refractivity contribution in [3.63, 3.8) is 0 Å². The van der Waals surface area contributed by atoms with E-state index in [0.29, 0.717) is 6.61 Å². The minimum absolute atomic E-state index is 0.0102. The number of hydrogen-bond donors (Lipinski definition) is 0. The van der Waals surface area contributed by atoms with Gasteiger partial charge in [0.15, 0.2) is 0 Å². The lowest BCUT2D eigenvalue weighted by Crippen LogP contribution is -2.38. The van der Waals surface area contributed by atoms with Crippen molar-refractivity contribution in [3.8, 4) is 5.75 Å². The maximum atomic E-state index is 11.6. The topological polar surface area (TPSA) is 42.4 Å². The highest BCUT2D eigenvalue weighted by atomic mass is 16.5. The Kier molecular flexibility index (Phi) is 3.97. The first-order valence-corrected chi connectivity index (χ1v) is 6.20. The van der Waals surface area contributed by atoms with Gasteiger partial charge in [-0.15, -0.1) is 0 Å². The molecule has 1 saturated heterocycles. The lowest BCUT2D eigenvalue weighted by atomic mass is 10.2. The van der Waals surface area contributed by atoms with E-state index in [9.17, 15) is 4.79 Å². The van der Waals surface area contributed by atoms with Crippen LogP contribution in [0.15, 0.2) is 31.0 Å². The molecular formula is C14H18N2O2. The fraction of sp³-hybridized carbons (Fsp3) is 0.429. The molecule has 0 aromatic carbocycles. The van der Waals surface area contributed by atoms with Gasteiger partial charge >= 0.3 is 0 Å². The molecule has 2 rings (SSSR count). The number of rotatable bonds is 4. The average molecular weight is 246 g/mol. The Bertz CT molecular complexity index is 445. The van der Waals surface area contributed by atoms with E-state index in [4.69, 9.17) is 4.74 Å². The molecule has 0 saturated carbocycles. The fourth-order valence-electron chi connectivity index (χ4n) is 2.22. The van der Waals surface area contributed by atoms with Crippen LogP contribution < -0.4 is 4.74 Å². The zero-order valence-electron chi connectivity index (χ0n) is 10.6. The van der Waals surface area contributed by atoms with E-state index in [1.807, 2.05) is 24.0 Å². The second kappa shape index (κ2) is 5.67. The lowest BCUT2D eigenvalue weighted by molar-refractivity contribution is -0.127. The number of carbonyl (C=O) groups is 1. The molecule has 1 amide bonds. The normalized spacial score (nSPS) is 18.7. The summed E-state index contributed by atoms with van der Waals surface area (Å²) in [7, 11) is 0. The number of aromatic nitrogens is 1. The molecule has 0 N–H and O–H groups in total. The van der Waals surface area contributed by atoms with E-state index in [-0.39, 0.29) is 11.9 Å². The smallest absolute Gasteiger partial charge is 0.246 e. The zero-order valence-corrected chi connectivity index (χ0v) is 10.6. The van der Waals surface area contributed by atoms with E-state index in [0.717, 1.165) is 30.8 Å². The Hall–Kier alpha value is -1.84. The maximum absolute atomic E-state index is 11.6. The first-order chi connectivity index (χ1) is 8.72. The number of hydrogen-bond acceptors (Lipinski definition) is 3. The Morgan fingerprint density at radius 3 is 3.28 bits per heavy atom. The highest BCUT2D eigenvalue weighted by Crippen LogP contribution is 2.20. The lowest BCUT2D eigenvalue weighted by Gasteiger charge is -2.23. The van der Waals surface area contributed by atoms with Crippen LogP contribution in [0.1, 0.15) is 18.5 Å². The summed E-state index contributed by atoms with van der Waals surface area (Å²) in [5.41, 5.74) is 0.872. The number of likely N-dealkylation sites (tertiary alicyclic amines) is 1. The van der Waals surface area contributed by atoms with Gasteiger partial charge in [-0.05, 0) is 38.0 Å². The van der Waals surface area contributed by atoms with E-state index in [1.165, 1.54) is 6.08 Å². The molecule has 4 heteroatoms. The summed E-state index contributed by atoms with van der Waals surface area (Å²) in [6.07, 6.45) is 5.12. The van der Waals surface area contributed by atoms with Gasteiger partial charge in [-0.3, -0.25) is 9.78 Å². The predicted molar refractivity (Wildman–Crippen MR) is 69.4 cm³/mol. The Morgan fingerprint density at radius 2 is 2.56 bits per heavy atom. The van der Waals surface area contributed by atoms with Gasteiger partial charge in [-0.25, -0.2) is 0 Å². The van der Waals surface area contributed by atoms with E-state index in [2.05, 4.69) is 11.6 Å². The van der Waals surface area contributed by atoms with Crippen LogP contribution >= 0.6 is 0 Å². The van der Waals surface area contributed by atoms with Crippen molar-refractivity contribution < 1.29 is 9.53 Å². The van der Waals surface area contributed by atoms with E-state index < -0.39 is 0 Å². The number of pyridine rings is 1. The average Bonchev–Trinajstić information content (AvgIpc) is 2.85. The van der Waals surface area contributed by atoms with Crippen LogP contribution in [0.4, 0.5) is 0 Å². The Morgan fingerprint density at radius 1 is 1.72 bits per heavy atom. The second-order valence-corrected chi connectivity index (χ2v) is 4.43. The molecule has 0 bridgehead atoms. The number of ether oxygens (including phenoxy) is 1. The summed E-state index contributed by atoms with van der Waals surface area (Å²) < 4.78 is 5.75. The molecule has 2 heterocycles. The Labute approximate surface area is 107 Å². The van der Waals surface area contributed by atoms with Gasteiger partial charge in [0.2, 0.25) is 5.91 Å². The Balaban J connectivity index is 1.96. The van der Waals surface area contributed by atoms with Gasteiger partial charge in [-0.2, -0.15) is 0 Å². The summed E-state index contributed by atoms with van der Waals surface area (Å²) in [5, 5.41) is 0. The van der Waals surface area contributed by atoms with Crippen LogP contribution in [-0.2, 0) is 4.79 Å². The molecule has 18 heavy (non-hydrogen) atoms. The van der Waals surface area contributed by atoms with Gasteiger partial charge in [0.1, 0.15) is 12.4 Å². The predicted octanol–water partition coefficient (Wildman–Crippen LogP) is 1.95. The number of amides is 1. The molecule has 1 atom stereocenters. The SMILES string of the molecule is C=CC(=O)N1CCC[C@@H]1COc1cccnc1C. The highest BCUT2D eigenvalue weighted by Gasteiger charge is 2.27. The van der Waals surface area contributed by atoms with Crippen molar-refractivity contribution in [3.05, 3.63) is 36.7 Å². The van der Waals surface area contributed by atoms with Gasteiger partial charge < -0.3 is 9.64 Å². The molecule has 0 radical (unpaired) electrons. The number of carbonyl (C=O) groups excluding carboxylic acids is 1. The molecule has 96 valence electrons. The molecule has 0 aliphatic carbocycles. The van der Waals surface area contributed by atoms with Crippen molar-refractivity contribution >= 4 is 5.91 Å². The van der Waals surface area contributed by atoms with E-state index >= 15 is 0 Å². The summed E-state index contributed by atoms with van der Waals surface area (Å²) in [6, 6.07) is 3.90. The number of aryl methyl sites for hydroxylation is 1. The molecular weight excluding hydrogens is 228 g/mol. The molecule has 0 unspecified atom stereocenters. The third kappa shape index (κ3) is 2.70. The van der Waals surface area contributed by atoms with Crippen LogP contribution in [0.25, 0.3) is 0 Å². The zero-order chi connectivity index (χ0) is 13.0. The van der Waals surface area contributed by atoms with Crippen LogP contribution in [0.5, 0.6) is 5.75 Å². The van der Waals surface area contributed by atoms with Crippen LogP contribution in [0.3, 0.4) is 0 Å². The fourth-order valence-corrected chi connectivity index (χ4v) is 2.22. The molecule has 1 aromatic rings. The maximum Gasteiger partial charge on any atom is 0.246 e. The second-order valence-electron chi connectivity index (χ2n) is 4.43. The van der Waals surface area contributed by atoms with Crippen molar-refractivity contribution in [2.45, 2.75) is 25.8 Å². The summed E-state index contributed by atoms with van der Waals surface area (Å²) in [4.78, 5) is 17.6. The van der Waals surface area contributed by atoms with Crippen LogP contribution in [-0.4, -0.2) is 35.0 Å². The van der Waals surface area contributed by atoms with Crippen molar-refractivity contribution in [2.24, 2.45) is 0 Å². The van der Waals surface area contributed by atoms with E-state index in [1.54, 1.807) is 6.20 Å². The quantitative estimate of drug-likeness (QED) is 0.762.